The van der Waals surface area contributed by atoms with Gasteiger partial charge in [0.2, 0.25) is 5.91 Å². The molecule has 1 fully saturated rings. The summed E-state index contributed by atoms with van der Waals surface area (Å²) in [5.74, 6) is -1.53. The summed E-state index contributed by atoms with van der Waals surface area (Å²) in [6, 6.07) is 7.33. The molecule has 6 heteroatoms. The Morgan fingerprint density at radius 2 is 2.23 bits per heavy atom. The summed E-state index contributed by atoms with van der Waals surface area (Å²) in [6.45, 7) is 1.01. The van der Waals surface area contributed by atoms with Gasteiger partial charge in [0.15, 0.2) is 0 Å². The van der Waals surface area contributed by atoms with Gasteiger partial charge in [0.1, 0.15) is 11.6 Å². The molecule has 0 radical (unpaired) electrons. The minimum absolute atomic E-state index is 0.114. The van der Waals surface area contributed by atoms with Gasteiger partial charge in [0.05, 0.1) is 12.2 Å². The molecule has 116 valence electrons. The molecule has 1 saturated heterocycles. The molecule has 3 nitrogen and oxygen atoms in total. The SMILES string of the molecule is O=C(CN1CCC[C@@H]1c1cccs1)Nc1cc(F)ccc1F. The van der Waals surface area contributed by atoms with Crippen LogP contribution in [0.5, 0.6) is 0 Å². The molecular weight excluding hydrogens is 306 g/mol. The van der Waals surface area contributed by atoms with E-state index in [4.69, 9.17) is 0 Å². The van der Waals surface area contributed by atoms with Gasteiger partial charge in [0.25, 0.3) is 0 Å². The average molecular weight is 322 g/mol. The summed E-state index contributed by atoms with van der Waals surface area (Å²) in [5, 5.41) is 4.47. The first-order valence-corrected chi connectivity index (χ1v) is 8.04. The molecule has 2 aromatic rings. The van der Waals surface area contributed by atoms with Crippen molar-refractivity contribution in [2.75, 3.05) is 18.4 Å². The van der Waals surface area contributed by atoms with Crippen molar-refractivity contribution in [1.29, 1.82) is 0 Å². The van der Waals surface area contributed by atoms with Crippen LogP contribution in [0.25, 0.3) is 0 Å². The second-order valence-electron chi connectivity index (χ2n) is 5.32. The number of likely N-dealkylation sites (tertiary alicyclic amines) is 1. The van der Waals surface area contributed by atoms with Gasteiger partial charge < -0.3 is 5.32 Å². The second kappa shape index (κ2) is 6.54. The molecule has 2 heterocycles. The first-order valence-electron chi connectivity index (χ1n) is 7.16. The van der Waals surface area contributed by atoms with Crippen molar-refractivity contribution in [2.24, 2.45) is 0 Å². The minimum Gasteiger partial charge on any atom is -0.322 e. The van der Waals surface area contributed by atoms with Crippen molar-refractivity contribution in [3.05, 3.63) is 52.2 Å². The van der Waals surface area contributed by atoms with Crippen LogP contribution in [0.2, 0.25) is 0 Å². The largest absolute Gasteiger partial charge is 0.322 e. The highest BCUT2D eigenvalue weighted by Crippen LogP contribution is 2.34. The quantitative estimate of drug-likeness (QED) is 0.928. The summed E-state index contributed by atoms with van der Waals surface area (Å²) in [5.41, 5.74) is -0.114. The third kappa shape index (κ3) is 3.34. The fourth-order valence-electron chi connectivity index (χ4n) is 2.79. The van der Waals surface area contributed by atoms with Crippen LogP contribution in [-0.4, -0.2) is 23.9 Å². The number of anilines is 1. The Morgan fingerprint density at radius 1 is 1.36 bits per heavy atom. The Hall–Kier alpha value is -1.79. The monoisotopic (exact) mass is 322 g/mol. The smallest absolute Gasteiger partial charge is 0.238 e. The lowest BCUT2D eigenvalue weighted by Crippen LogP contribution is -2.32. The molecule has 0 saturated carbocycles. The Kier molecular flexibility index (Phi) is 4.49. The van der Waals surface area contributed by atoms with E-state index in [1.165, 1.54) is 4.88 Å². The van der Waals surface area contributed by atoms with E-state index >= 15 is 0 Å². The van der Waals surface area contributed by atoms with E-state index < -0.39 is 11.6 Å². The van der Waals surface area contributed by atoms with Gasteiger partial charge in [-0.2, -0.15) is 0 Å². The first kappa shape index (κ1) is 15.1. The third-order valence-corrected chi connectivity index (χ3v) is 4.76. The van der Waals surface area contributed by atoms with Crippen molar-refractivity contribution < 1.29 is 13.6 Å². The van der Waals surface area contributed by atoms with E-state index in [0.717, 1.165) is 37.6 Å². The number of nitrogens with zero attached hydrogens (tertiary/aromatic N) is 1. The molecule has 1 aliphatic heterocycles. The molecule has 22 heavy (non-hydrogen) atoms. The molecule has 1 aromatic carbocycles. The van der Waals surface area contributed by atoms with Crippen molar-refractivity contribution in [3.8, 4) is 0 Å². The molecular formula is C16H16F2N2OS. The lowest BCUT2D eigenvalue weighted by Gasteiger charge is -2.22. The molecule has 1 aliphatic rings. The van der Waals surface area contributed by atoms with E-state index in [0.29, 0.717) is 0 Å². The topological polar surface area (TPSA) is 32.3 Å². The van der Waals surface area contributed by atoms with Crippen LogP contribution < -0.4 is 5.32 Å². The number of amides is 1. The van der Waals surface area contributed by atoms with Gasteiger partial charge in [0, 0.05) is 17.0 Å². The molecule has 0 aliphatic carbocycles. The summed E-state index contributed by atoms with van der Waals surface area (Å²) >= 11 is 1.68. The Morgan fingerprint density at radius 3 is 3.00 bits per heavy atom. The number of hydrogen-bond acceptors (Lipinski definition) is 3. The lowest BCUT2D eigenvalue weighted by molar-refractivity contribution is -0.117. The Labute approximate surface area is 131 Å². The maximum Gasteiger partial charge on any atom is 0.238 e. The number of carbonyl (C=O) groups excluding carboxylic acids is 1. The van der Waals surface area contributed by atoms with Gasteiger partial charge in [-0.1, -0.05) is 6.07 Å². The van der Waals surface area contributed by atoms with E-state index in [2.05, 4.69) is 16.3 Å². The van der Waals surface area contributed by atoms with Crippen LogP contribution >= 0.6 is 11.3 Å². The van der Waals surface area contributed by atoms with E-state index in [9.17, 15) is 13.6 Å². The van der Waals surface area contributed by atoms with Crippen molar-refractivity contribution in [3.63, 3.8) is 0 Å². The van der Waals surface area contributed by atoms with E-state index in [1.54, 1.807) is 11.3 Å². The van der Waals surface area contributed by atoms with Crippen LogP contribution in [0, 0.1) is 11.6 Å². The Bertz CT molecular complexity index is 660. The van der Waals surface area contributed by atoms with Crippen LogP contribution in [0.1, 0.15) is 23.8 Å². The van der Waals surface area contributed by atoms with Crippen molar-refractivity contribution in [2.45, 2.75) is 18.9 Å². The van der Waals surface area contributed by atoms with Crippen LogP contribution in [0.15, 0.2) is 35.7 Å². The van der Waals surface area contributed by atoms with E-state index in [-0.39, 0.29) is 24.2 Å². The van der Waals surface area contributed by atoms with Gasteiger partial charge in [-0.25, -0.2) is 8.78 Å². The fraction of sp³-hybridized carbons (Fsp3) is 0.312. The third-order valence-electron chi connectivity index (χ3n) is 3.78. The number of thiophene rings is 1. The highest BCUT2D eigenvalue weighted by Gasteiger charge is 2.28. The van der Waals surface area contributed by atoms with E-state index in [1.807, 2.05) is 11.4 Å². The van der Waals surface area contributed by atoms with Gasteiger partial charge >= 0.3 is 0 Å². The molecule has 1 aromatic heterocycles. The van der Waals surface area contributed by atoms with Crippen LogP contribution in [0.4, 0.5) is 14.5 Å². The van der Waals surface area contributed by atoms with Crippen molar-refractivity contribution >= 4 is 22.9 Å². The molecule has 1 amide bonds. The number of benzene rings is 1. The summed E-state index contributed by atoms with van der Waals surface area (Å²) in [6.07, 6.45) is 2.05. The highest BCUT2D eigenvalue weighted by atomic mass is 32.1. The number of hydrogen-bond donors (Lipinski definition) is 1. The Balaban J connectivity index is 1.65. The highest BCUT2D eigenvalue weighted by molar-refractivity contribution is 7.10. The fourth-order valence-corrected chi connectivity index (χ4v) is 3.68. The molecule has 1 atom stereocenters. The average Bonchev–Trinajstić information content (AvgIpc) is 3.13. The molecule has 0 bridgehead atoms. The normalized spacial score (nSPS) is 18.5. The standard InChI is InChI=1S/C16H16F2N2OS/c17-11-5-6-12(18)13(9-11)19-16(21)10-20-7-1-3-14(20)15-4-2-8-22-15/h2,4-6,8-9,14H,1,3,7,10H2,(H,19,21)/t14-/m1/s1. The summed E-state index contributed by atoms with van der Waals surface area (Å²) in [4.78, 5) is 15.4. The molecule has 0 unspecified atom stereocenters. The summed E-state index contributed by atoms with van der Waals surface area (Å²) in [7, 11) is 0. The zero-order chi connectivity index (χ0) is 15.5. The molecule has 1 N–H and O–H groups in total. The number of carbonyl (C=O) groups is 1. The molecule has 0 spiro atoms. The van der Waals surface area contributed by atoms with Crippen LogP contribution in [-0.2, 0) is 4.79 Å². The predicted molar refractivity (Wildman–Crippen MR) is 82.9 cm³/mol. The van der Waals surface area contributed by atoms with Gasteiger partial charge in [-0.05, 0) is 43.0 Å². The lowest BCUT2D eigenvalue weighted by atomic mass is 10.2. The maximum absolute atomic E-state index is 13.6. The molecule has 3 rings (SSSR count). The van der Waals surface area contributed by atoms with Crippen molar-refractivity contribution in [1.82, 2.24) is 4.90 Å². The minimum atomic E-state index is -0.633. The maximum atomic E-state index is 13.6. The zero-order valence-corrected chi connectivity index (χ0v) is 12.7. The van der Waals surface area contributed by atoms with Gasteiger partial charge in [-0.3, -0.25) is 9.69 Å². The van der Waals surface area contributed by atoms with Gasteiger partial charge in [-0.15, -0.1) is 11.3 Å². The number of rotatable bonds is 4. The number of halogens is 2. The predicted octanol–water partition coefficient (Wildman–Crippen LogP) is 3.80. The first-order chi connectivity index (χ1) is 10.6. The number of nitrogens with one attached hydrogen (secondary N) is 1. The zero-order valence-electron chi connectivity index (χ0n) is 11.9. The second-order valence-corrected chi connectivity index (χ2v) is 6.30. The van der Waals surface area contributed by atoms with Crippen LogP contribution in [0.3, 0.4) is 0 Å². The summed E-state index contributed by atoms with van der Waals surface area (Å²) < 4.78 is 26.7.